The fourth-order valence-corrected chi connectivity index (χ4v) is 16.2. The molecular weight excluding hydrogens is 1300 g/mol. The van der Waals surface area contributed by atoms with Crippen LogP contribution in [0.1, 0.15) is 45.4 Å². The molecule has 4 aromatic heterocycles. The Balaban J connectivity index is 0.000000178. The van der Waals surface area contributed by atoms with E-state index in [-0.39, 0.29) is 35.0 Å². The van der Waals surface area contributed by atoms with Crippen LogP contribution < -0.4 is 50.1 Å². The van der Waals surface area contributed by atoms with Gasteiger partial charge in [0.2, 0.25) is 17.7 Å². The molecular formula is C74H72N10O13S2. The summed E-state index contributed by atoms with van der Waals surface area (Å²) in [6.45, 7) is 8.96. The van der Waals surface area contributed by atoms with E-state index in [1.807, 2.05) is 109 Å². The lowest BCUT2D eigenvalue weighted by molar-refractivity contribution is -0.132. The number of hydrogen-bond acceptors (Lipinski definition) is 16. The zero-order valence-corrected chi connectivity index (χ0v) is 55.8. The molecule has 5 amide bonds. The number of aromatic amines is 2. The number of nitrogens with two attached hydrogens (primary N) is 1. The van der Waals surface area contributed by atoms with Crippen molar-refractivity contribution < 1.29 is 59.8 Å². The fraction of sp³-hybridized carbons (Fsp3) is 0.257. The largest absolute Gasteiger partial charge is 0.497 e. The number of sulfonamides is 2. The molecule has 6 aromatic carbocycles. The number of benzene rings is 6. The van der Waals surface area contributed by atoms with Crippen molar-refractivity contribution in [2.24, 2.45) is 29.4 Å². The normalized spacial score (nSPS) is 23.0. The highest BCUT2D eigenvalue weighted by atomic mass is 32.2. The van der Waals surface area contributed by atoms with Crippen molar-refractivity contribution in [3.8, 4) is 45.5 Å². The number of pyridine rings is 2. The molecule has 23 nitrogen and oxygen atoms in total. The number of aromatic nitrogens is 4. The maximum Gasteiger partial charge on any atom is 0.266 e. The minimum atomic E-state index is -4.31. The molecule has 10 aromatic rings. The second-order valence-electron chi connectivity index (χ2n) is 25.4. The molecule has 25 heteroatoms. The van der Waals surface area contributed by atoms with Crippen molar-refractivity contribution >= 4 is 93.2 Å². The first-order valence-corrected chi connectivity index (χ1v) is 35.2. The smallest absolute Gasteiger partial charge is 0.266 e. The van der Waals surface area contributed by atoms with E-state index in [9.17, 15) is 40.8 Å². The van der Waals surface area contributed by atoms with Crippen molar-refractivity contribution in [2.45, 2.75) is 90.6 Å². The number of nitrogens with zero attached hydrogens (tertiary/aromatic N) is 2. The summed E-state index contributed by atoms with van der Waals surface area (Å²) in [6.07, 6.45) is 7.05. The lowest BCUT2D eigenvalue weighted by atomic mass is 10.0. The van der Waals surface area contributed by atoms with Gasteiger partial charge < -0.3 is 50.6 Å². The number of carbonyl (C=O) groups is 5. The van der Waals surface area contributed by atoms with Crippen LogP contribution in [0.4, 0.5) is 0 Å². The molecule has 99 heavy (non-hydrogen) atoms. The van der Waals surface area contributed by atoms with Crippen molar-refractivity contribution in [1.29, 1.82) is 0 Å². The number of amides is 5. The number of hydrogen-bond donors (Lipinski definition) is 8. The summed E-state index contributed by atoms with van der Waals surface area (Å²) in [5.41, 5.74) is 8.85. The van der Waals surface area contributed by atoms with E-state index in [1.54, 1.807) is 69.1 Å². The van der Waals surface area contributed by atoms with Crippen molar-refractivity contribution in [1.82, 2.24) is 45.3 Å². The van der Waals surface area contributed by atoms with Crippen molar-refractivity contribution in [2.75, 3.05) is 14.2 Å². The maximum atomic E-state index is 14.0. The molecule has 508 valence electrons. The molecule has 4 aliphatic carbocycles. The van der Waals surface area contributed by atoms with Gasteiger partial charge in [-0.1, -0.05) is 97.1 Å². The first-order valence-electron chi connectivity index (χ1n) is 32.2. The van der Waals surface area contributed by atoms with Gasteiger partial charge in [0.1, 0.15) is 56.1 Å². The van der Waals surface area contributed by atoms with E-state index < -0.39 is 103 Å². The Bertz CT molecular complexity index is 5090. The third-order valence-electron chi connectivity index (χ3n) is 19.1. The minimum Gasteiger partial charge on any atom is -0.497 e. The van der Waals surface area contributed by atoms with Gasteiger partial charge in [0.05, 0.1) is 59.5 Å². The Kier molecular flexibility index (Phi) is 18.1. The molecule has 0 unspecified atom stereocenters. The molecule has 4 saturated carbocycles. The average molecular weight is 1370 g/mol. The lowest BCUT2D eigenvalue weighted by Crippen LogP contribution is -2.54. The number of nitrogens with one attached hydrogen (secondary N) is 7. The first-order chi connectivity index (χ1) is 47.6. The third-order valence-corrected chi connectivity index (χ3v) is 21.8. The van der Waals surface area contributed by atoms with Crippen LogP contribution in [0.2, 0.25) is 0 Å². The van der Waals surface area contributed by atoms with E-state index in [0.717, 1.165) is 27.6 Å². The monoisotopic (exact) mass is 1370 g/mol. The van der Waals surface area contributed by atoms with Gasteiger partial charge in [0.15, 0.2) is 0 Å². The highest BCUT2D eigenvalue weighted by Gasteiger charge is 2.63. The Labute approximate surface area is 570 Å². The summed E-state index contributed by atoms with van der Waals surface area (Å²) < 4.78 is 81.9. The Hall–Kier alpha value is -10.9. The topological polar surface area (TPSA) is 334 Å². The summed E-state index contributed by atoms with van der Waals surface area (Å²) in [6, 6.07) is 46.1. The van der Waals surface area contributed by atoms with Crippen LogP contribution in [0.3, 0.4) is 0 Å². The number of rotatable bonds is 21. The molecule has 10 atom stereocenters. The fourth-order valence-electron chi connectivity index (χ4n) is 13.7. The number of H-pyrrole nitrogens is 2. The van der Waals surface area contributed by atoms with Crippen LogP contribution in [-0.2, 0) is 44.0 Å². The van der Waals surface area contributed by atoms with Crippen molar-refractivity contribution in [3.63, 3.8) is 0 Å². The minimum absolute atomic E-state index is 0.0639. The molecule has 0 bridgehead atoms. The summed E-state index contributed by atoms with van der Waals surface area (Å²) in [5, 5.41) is 11.5. The number of ether oxygens (including phenoxy) is 4. The van der Waals surface area contributed by atoms with Crippen LogP contribution in [0.15, 0.2) is 205 Å². The number of methoxy groups -OCH3 is 2. The Morgan fingerprint density at radius 2 is 1.00 bits per heavy atom. The van der Waals surface area contributed by atoms with Gasteiger partial charge in [0, 0.05) is 113 Å². The van der Waals surface area contributed by atoms with Crippen molar-refractivity contribution in [3.05, 3.63) is 195 Å². The number of carbonyl (C=O) groups excluding carboxylic acids is 5. The molecule has 0 radical (unpaired) electrons. The predicted molar refractivity (Wildman–Crippen MR) is 373 cm³/mol. The highest BCUT2D eigenvalue weighted by molar-refractivity contribution is 7.90. The van der Waals surface area contributed by atoms with Gasteiger partial charge in [0.25, 0.3) is 31.9 Å². The molecule has 14 rings (SSSR count). The van der Waals surface area contributed by atoms with Gasteiger partial charge in [-0.25, -0.2) is 36.2 Å². The van der Waals surface area contributed by atoms with Crippen LogP contribution in [0, 0.1) is 23.7 Å². The average Bonchev–Trinajstić information content (AvgIpc) is 1.58. The molecule has 4 fully saturated rings. The molecule has 4 heterocycles. The standard InChI is InChI=1S/C38H37N5O7S.C36H35N5O6S/c1-4-25-21-38(25,37(46)43-51(47,48)34-12-8-11-24-15-16-39-35(24)34)42-36(45)29-17-27(19-32(29)40-22(2)44)50-33-20-30(23-9-6-5-7-10-23)41-31-18-26(49-3)13-14-28(31)33;1-3-23-20-36(23,35(43)41-48(44,45)32-11-7-10-22-14-15-38-33(22)32)40-34(42)27-16-25(17-28(27)37)47-31-19-29(21-8-5-4-6-9-21)39-30-18-24(46-2)12-13-26(30)31/h4-16,18,20,25,27,29,32,39H,1,17,19,21H2,2-3H3,(H,40,44)(H,42,45)(H,43,46);3-15,18-19,23,25,27-28,38H,1,16-17,20,37H2,2H3,(H,40,42)(H,41,43)/t25-,27-,29-,32+,38-;23-,25-,27-,28+,36-/m11/s1. The van der Waals surface area contributed by atoms with Gasteiger partial charge in [-0.05, 0) is 74.2 Å². The zero-order valence-electron chi connectivity index (χ0n) is 54.2. The van der Waals surface area contributed by atoms with Gasteiger partial charge in [-0.3, -0.25) is 24.0 Å². The van der Waals surface area contributed by atoms with E-state index >= 15 is 0 Å². The van der Waals surface area contributed by atoms with E-state index in [0.29, 0.717) is 80.8 Å². The Morgan fingerprint density at radius 3 is 1.43 bits per heavy atom. The first kappa shape index (κ1) is 66.7. The van der Waals surface area contributed by atoms with Crippen LogP contribution in [0.5, 0.6) is 23.0 Å². The SMILES string of the molecule is C=C[C@@H]1C[C@]1(NC(=O)[C@@H]1C[C@@H](Oc2cc(-c3ccccc3)nc3cc(OC)ccc23)C[C@@H]1N)C(=O)NS(=O)(=O)c1cccc2cc[nH]c12.C=C[C@@H]1C[C@]1(NC(=O)[C@@H]1C[C@@H](Oc2cc(-c3ccccc3)nc3cc(OC)ccc23)C[C@@H]1NC(C)=O)C(=O)NS(=O)(=O)c1cccc2cc[nH]c12. The quantitative estimate of drug-likeness (QED) is 0.0311. The molecule has 9 N–H and O–H groups in total. The summed E-state index contributed by atoms with van der Waals surface area (Å²) in [4.78, 5) is 82.7. The number of fused-ring (bicyclic) bond motifs is 4. The van der Waals surface area contributed by atoms with Gasteiger partial charge in [-0.2, -0.15) is 0 Å². The lowest BCUT2D eigenvalue weighted by Gasteiger charge is -2.24. The second kappa shape index (κ2) is 26.8. The summed E-state index contributed by atoms with van der Waals surface area (Å²) in [5.74, 6) is -2.88. The molecule has 0 saturated heterocycles. The molecule has 0 aliphatic heterocycles. The number of para-hydroxylation sites is 2. The zero-order chi connectivity index (χ0) is 69.5. The second-order valence-corrected chi connectivity index (χ2v) is 28.7. The summed E-state index contributed by atoms with van der Waals surface area (Å²) in [7, 11) is -5.39. The summed E-state index contributed by atoms with van der Waals surface area (Å²) >= 11 is 0. The van der Waals surface area contributed by atoms with Gasteiger partial charge >= 0.3 is 0 Å². The Morgan fingerprint density at radius 1 is 0.556 bits per heavy atom. The molecule has 0 spiro atoms. The van der Waals surface area contributed by atoms with Crippen LogP contribution in [0.25, 0.3) is 66.1 Å². The molecule has 4 aliphatic rings. The predicted octanol–water partition coefficient (Wildman–Crippen LogP) is 9.06. The van der Waals surface area contributed by atoms with Gasteiger partial charge in [-0.15, -0.1) is 13.2 Å². The van der Waals surface area contributed by atoms with Crippen LogP contribution in [-0.4, -0.2) is 116 Å². The van der Waals surface area contributed by atoms with Crippen LogP contribution >= 0.6 is 0 Å². The van der Waals surface area contributed by atoms with E-state index in [4.69, 9.17) is 34.6 Å². The maximum absolute atomic E-state index is 14.0. The third kappa shape index (κ3) is 13.4. The highest BCUT2D eigenvalue weighted by Crippen LogP contribution is 2.48. The van der Waals surface area contributed by atoms with E-state index in [2.05, 4.69) is 48.5 Å². The van der Waals surface area contributed by atoms with E-state index in [1.165, 1.54) is 25.1 Å².